The molecule has 0 aromatic rings. The Morgan fingerprint density at radius 2 is 1.23 bits per heavy atom. The maximum atomic E-state index is 15.5. The van der Waals surface area contributed by atoms with Crippen LogP contribution in [0.4, 0.5) is 22.0 Å². The van der Waals surface area contributed by atoms with E-state index in [-0.39, 0.29) is 88.8 Å². The van der Waals surface area contributed by atoms with Gasteiger partial charge in [-0.05, 0) is 133 Å². The normalized spacial score (nSPS) is 33.9. The molecule has 7 fully saturated rings. The highest BCUT2D eigenvalue weighted by atomic mass is 19.4. The molecule has 28 heteroatoms. The number of carbonyl (C=O) groups is 11. The molecular formula is C73H114F5N11O12. The fourth-order valence-electron chi connectivity index (χ4n) is 16.7. The molecule has 11 amide bonds. The van der Waals surface area contributed by atoms with Crippen LogP contribution in [-0.2, 0) is 57.5 Å². The van der Waals surface area contributed by atoms with Crippen molar-refractivity contribution >= 4 is 65.0 Å². The lowest BCUT2D eigenvalue weighted by atomic mass is 9.74. The molecule has 8 rings (SSSR count). The maximum absolute atomic E-state index is 15.5. The van der Waals surface area contributed by atoms with Crippen LogP contribution in [0.2, 0.25) is 0 Å². The van der Waals surface area contributed by atoms with Gasteiger partial charge < -0.3 is 59.9 Å². The fourth-order valence-corrected chi connectivity index (χ4v) is 16.7. The molecule has 2 bridgehead atoms. The Hall–Kier alpha value is -6.48. The van der Waals surface area contributed by atoms with Gasteiger partial charge in [-0.3, -0.25) is 52.7 Å². The van der Waals surface area contributed by atoms with E-state index in [1.807, 2.05) is 13.0 Å². The van der Waals surface area contributed by atoms with Gasteiger partial charge in [0.15, 0.2) is 0 Å². The van der Waals surface area contributed by atoms with Gasteiger partial charge in [0.05, 0.1) is 19.2 Å². The number of fused-ring (bicyclic) bond motifs is 3. The van der Waals surface area contributed by atoms with Gasteiger partial charge >= 0.3 is 6.18 Å². The van der Waals surface area contributed by atoms with Crippen LogP contribution in [0, 0.1) is 41.4 Å². The second-order valence-electron chi connectivity index (χ2n) is 31.2. The minimum atomic E-state index is -5.16. The van der Waals surface area contributed by atoms with Gasteiger partial charge in [0.1, 0.15) is 66.1 Å². The van der Waals surface area contributed by atoms with Crippen LogP contribution in [0.1, 0.15) is 189 Å². The third-order valence-corrected chi connectivity index (χ3v) is 23.9. The molecular weight excluding hydrogens is 1320 g/mol. The monoisotopic (exact) mass is 1430 g/mol. The van der Waals surface area contributed by atoms with Gasteiger partial charge in [0, 0.05) is 80.9 Å². The van der Waals surface area contributed by atoms with Gasteiger partial charge in [-0.15, -0.1) is 0 Å². The number of amides is 11. The summed E-state index contributed by atoms with van der Waals surface area (Å²) >= 11 is 0. The Morgan fingerprint density at radius 1 is 0.614 bits per heavy atom. The number of halogens is 5. The largest absolute Gasteiger partial charge is 0.397 e. The highest BCUT2D eigenvalue weighted by Crippen LogP contribution is 2.45. The van der Waals surface area contributed by atoms with E-state index in [0.717, 1.165) is 56.3 Å². The number of ether oxygens (including phenoxy) is 1. The van der Waals surface area contributed by atoms with Crippen LogP contribution in [0.25, 0.3) is 0 Å². The summed E-state index contributed by atoms with van der Waals surface area (Å²) in [6, 6.07) is -9.23. The summed E-state index contributed by atoms with van der Waals surface area (Å²) in [5.41, 5.74) is -1.55. The zero-order valence-corrected chi connectivity index (χ0v) is 61.4. The van der Waals surface area contributed by atoms with Crippen molar-refractivity contribution in [3.8, 4) is 0 Å². The molecule has 5 saturated carbocycles. The summed E-state index contributed by atoms with van der Waals surface area (Å²) in [5.74, 6) is -11.0. The SMILES string of the molecule is CCO[C@@H]1C[C@H]2C(=O)NC3(CCC3)C(=O)N(C)[C@@H](C3CCCC3)C(=O)N(C)[C@H](C)CC(=O)N(C)[C@@H](CC3CC3)C(=O)N[C@@H]([C@@H](C)CC)C(=O)N(C)CC(=O)N(C)[C@H]3C/C=C\CCN(C3=O)[C@@H](CC3CCC(C)CC3)C(=O)N(C)CC(=O)N[C@@H](CCC3CC(F)C(C(F)(F)F)C(F)C3)C(=O)N2C1. The molecule has 0 radical (unpaired) electrons. The summed E-state index contributed by atoms with van der Waals surface area (Å²) in [6.45, 7) is 8.02. The van der Waals surface area contributed by atoms with Crippen LogP contribution in [0.5, 0.6) is 0 Å². The second kappa shape index (κ2) is 34.9. The summed E-state index contributed by atoms with van der Waals surface area (Å²) in [7, 11) is 8.85. The van der Waals surface area contributed by atoms with Gasteiger partial charge in [0.25, 0.3) is 0 Å². The molecule has 5 aliphatic carbocycles. The van der Waals surface area contributed by atoms with E-state index in [1.54, 1.807) is 33.9 Å². The smallest absolute Gasteiger partial charge is 0.377 e. The van der Waals surface area contributed by atoms with Crippen LogP contribution in [-0.4, -0.2) is 258 Å². The molecule has 3 heterocycles. The molecule has 2 unspecified atom stereocenters. The molecule has 8 aliphatic rings. The molecule has 3 N–H and O–H groups in total. The van der Waals surface area contributed by atoms with E-state index < -0.39 is 187 Å². The standard InChI is InChI=1S/C73H114F5N11O12/c1-12-44(4)62-69(98)83(7)42-60(92)85(9)54-22-15-14-18-33-88(68(54)97)57(38-46-25-23-43(3)24-26-46)67(96)82(6)41-58(90)79-53(30-29-48-35-51(74)61(52(75)36-48)73(76,77)78)66(95)89-40-50(101-13-2)39-56(89)65(94)81-72(31-19-32-72)71(100)87(11)63(49-20-16-17-21-49)70(99)84(8)45(5)34-59(91)86(10)55(64(93)80-62)37-47-27-28-47/h14-15,43-57,61-63H,12-13,16-42H2,1-11H3,(H,79,90)(H,80,93)(H,81,94)/b15-14-/t43?,44-,45+,46?,48?,50+,51?,52?,53-,54-,55-,56-,57-,61?,62-,63-/m0/s1. The molecule has 568 valence electrons. The molecule has 0 aromatic carbocycles. The van der Waals surface area contributed by atoms with E-state index in [9.17, 15) is 37.1 Å². The van der Waals surface area contributed by atoms with Gasteiger partial charge in [-0.1, -0.05) is 90.7 Å². The molecule has 3 aliphatic heterocycles. The lowest BCUT2D eigenvalue weighted by Gasteiger charge is -2.46. The van der Waals surface area contributed by atoms with Gasteiger partial charge in [0.2, 0.25) is 65.0 Å². The molecule has 101 heavy (non-hydrogen) atoms. The van der Waals surface area contributed by atoms with Crippen molar-refractivity contribution in [1.82, 2.24) is 55.1 Å². The Bertz CT molecular complexity index is 2980. The van der Waals surface area contributed by atoms with Crippen LogP contribution >= 0.6 is 0 Å². The number of carbonyl (C=O) groups excluding carboxylic acids is 11. The average Bonchev–Trinajstić information content (AvgIpc) is 1.37. The summed E-state index contributed by atoms with van der Waals surface area (Å²) < 4.78 is 78.7. The minimum absolute atomic E-state index is 0.0302. The zero-order chi connectivity index (χ0) is 74.1. The Morgan fingerprint density at radius 3 is 1.81 bits per heavy atom. The topological polar surface area (TPSA) is 259 Å². The van der Waals surface area contributed by atoms with Gasteiger partial charge in [-0.25, -0.2) is 8.78 Å². The van der Waals surface area contributed by atoms with Crippen molar-refractivity contribution in [3.05, 3.63) is 12.2 Å². The Kier molecular flexibility index (Phi) is 27.7. The fraction of sp³-hybridized carbons (Fsp3) is 0.822. The number of nitrogens with one attached hydrogen (secondary N) is 3. The lowest BCUT2D eigenvalue weighted by Crippen LogP contribution is -2.68. The summed E-state index contributed by atoms with van der Waals surface area (Å²) in [6.07, 6.45) is 0.113. The number of rotatable bonds is 12. The second-order valence-corrected chi connectivity index (χ2v) is 31.2. The Labute approximate surface area is 593 Å². The predicted molar refractivity (Wildman–Crippen MR) is 366 cm³/mol. The third-order valence-electron chi connectivity index (χ3n) is 23.9. The van der Waals surface area contributed by atoms with Crippen molar-refractivity contribution in [2.24, 2.45) is 41.4 Å². The van der Waals surface area contributed by atoms with Gasteiger partial charge in [-0.2, -0.15) is 13.2 Å². The average molecular weight is 1430 g/mol. The van der Waals surface area contributed by atoms with Crippen molar-refractivity contribution < 1.29 is 79.4 Å². The van der Waals surface area contributed by atoms with Crippen molar-refractivity contribution in [1.29, 1.82) is 0 Å². The van der Waals surface area contributed by atoms with Crippen LogP contribution in [0.3, 0.4) is 0 Å². The first-order valence-electron chi connectivity index (χ1n) is 37.4. The first-order chi connectivity index (χ1) is 47.7. The number of hydrogen-bond acceptors (Lipinski definition) is 12. The molecule has 23 nitrogen and oxygen atoms in total. The number of hydrogen-bond donors (Lipinski definition) is 3. The quantitative estimate of drug-likeness (QED) is 0.140. The summed E-state index contributed by atoms with van der Waals surface area (Å²) in [5, 5.41) is 8.70. The molecule has 2 saturated heterocycles. The highest BCUT2D eigenvalue weighted by Gasteiger charge is 2.56. The Balaban J connectivity index is 1.16. The lowest BCUT2D eigenvalue weighted by molar-refractivity contribution is -0.219. The highest BCUT2D eigenvalue weighted by molar-refractivity contribution is 6.00. The first kappa shape index (κ1) is 80.2. The van der Waals surface area contributed by atoms with E-state index >= 15 is 37.5 Å². The third kappa shape index (κ3) is 19.5. The molecule has 0 aromatic heterocycles. The maximum Gasteiger partial charge on any atom is 0.397 e. The van der Waals surface area contributed by atoms with Crippen molar-refractivity contribution in [2.45, 2.75) is 267 Å². The van der Waals surface area contributed by atoms with Crippen LogP contribution < -0.4 is 16.0 Å². The predicted octanol–water partition coefficient (Wildman–Crippen LogP) is 6.49. The minimum Gasteiger partial charge on any atom is -0.377 e. The number of nitrogens with zero attached hydrogens (tertiary/aromatic N) is 8. The first-order valence-corrected chi connectivity index (χ1v) is 37.4. The molecule has 12 atom stereocenters. The number of alkyl halides is 5. The van der Waals surface area contributed by atoms with E-state index in [0.29, 0.717) is 44.4 Å². The van der Waals surface area contributed by atoms with Crippen LogP contribution in [0.15, 0.2) is 12.2 Å². The van der Waals surface area contributed by atoms with Crippen molar-refractivity contribution in [3.63, 3.8) is 0 Å². The van der Waals surface area contributed by atoms with E-state index in [2.05, 4.69) is 22.9 Å². The zero-order valence-electron chi connectivity index (χ0n) is 61.4. The van der Waals surface area contributed by atoms with E-state index in [4.69, 9.17) is 4.74 Å². The summed E-state index contributed by atoms with van der Waals surface area (Å²) in [4.78, 5) is 176. The van der Waals surface area contributed by atoms with Crippen molar-refractivity contribution in [2.75, 3.05) is 75.1 Å². The van der Waals surface area contributed by atoms with E-state index in [1.165, 1.54) is 69.5 Å². The number of likely N-dealkylation sites (N-methyl/N-ethyl adjacent to an activating group) is 6. The molecule has 1 spiro atoms.